The lowest BCUT2D eigenvalue weighted by molar-refractivity contribution is -0.150. The second-order valence-corrected chi connectivity index (χ2v) is 11.8. The third-order valence-corrected chi connectivity index (χ3v) is 8.53. The highest BCUT2D eigenvalue weighted by molar-refractivity contribution is 5.84. The van der Waals surface area contributed by atoms with Gasteiger partial charge in [0.1, 0.15) is 18.2 Å². The van der Waals surface area contributed by atoms with E-state index in [0.29, 0.717) is 53.2 Å². The number of hydrogen-bond donors (Lipinski definition) is 2. The molecule has 0 bridgehead atoms. The summed E-state index contributed by atoms with van der Waals surface area (Å²) in [6, 6.07) is 10.4. The van der Waals surface area contributed by atoms with Crippen molar-refractivity contribution in [1.82, 2.24) is 34.6 Å². The normalized spacial score (nSPS) is 15.4. The van der Waals surface area contributed by atoms with E-state index in [-0.39, 0.29) is 35.7 Å². The van der Waals surface area contributed by atoms with Gasteiger partial charge in [-0.1, -0.05) is 18.2 Å². The first-order valence-electron chi connectivity index (χ1n) is 15.2. The molecule has 2 fully saturated rings. The Morgan fingerprint density at radius 3 is 2.69 bits per heavy atom. The van der Waals surface area contributed by atoms with E-state index < -0.39 is 11.4 Å². The third-order valence-electron chi connectivity index (χ3n) is 8.53. The number of carbonyl (C=O) groups excluding carboxylic acids is 1. The van der Waals surface area contributed by atoms with Gasteiger partial charge in [-0.05, 0) is 79.4 Å². The van der Waals surface area contributed by atoms with E-state index in [4.69, 9.17) is 15.5 Å². The predicted molar refractivity (Wildman–Crippen MR) is 166 cm³/mol. The number of halogens is 1. The van der Waals surface area contributed by atoms with Crippen LogP contribution in [-0.2, 0) is 29.6 Å². The Kier molecular flexibility index (Phi) is 7.58. The zero-order chi connectivity index (χ0) is 31.1. The SMILES string of the molecule is Cn1cc(Cc2nc(N)nc(-c3cccc(-n4ccc5cc(C6CC6)cc(F)c5c4=O)c3COC(=O)C3CCNCC3)n2)cn1. The van der Waals surface area contributed by atoms with Crippen LogP contribution in [0.2, 0.25) is 0 Å². The summed E-state index contributed by atoms with van der Waals surface area (Å²) < 4.78 is 24.4. The molecule has 1 aliphatic carbocycles. The minimum Gasteiger partial charge on any atom is -0.460 e. The number of piperidine rings is 1. The number of fused-ring (bicyclic) bond motifs is 1. The van der Waals surface area contributed by atoms with Gasteiger partial charge in [-0.2, -0.15) is 15.1 Å². The van der Waals surface area contributed by atoms with Gasteiger partial charge in [0.15, 0.2) is 5.82 Å². The second-order valence-electron chi connectivity index (χ2n) is 11.8. The second kappa shape index (κ2) is 11.8. The van der Waals surface area contributed by atoms with Crippen molar-refractivity contribution in [2.75, 3.05) is 18.8 Å². The predicted octanol–water partition coefficient (Wildman–Crippen LogP) is 3.81. The van der Waals surface area contributed by atoms with Crippen LogP contribution in [-0.4, -0.2) is 48.4 Å². The molecule has 5 aromatic rings. The van der Waals surface area contributed by atoms with Gasteiger partial charge in [-0.15, -0.1) is 0 Å². The number of benzene rings is 2. The Bertz CT molecular complexity index is 1980. The number of carbonyl (C=O) groups is 1. The van der Waals surface area contributed by atoms with Gasteiger partial charge in [-0.25, -0.2) is 9.37 Å². The van der Waals surface area contributed by atoms with E-state index in [2.05, 4.69) is 20.4 Å². The van der Waals surface area contributed by atoms with Crippen molar-refractivity contribution in [3.8, 4) is 17.1 Å². The molecular weight excluding hydrogens is 575 g/mol. The summed E-state index contributed by atoms with van der Waals surface area (Å²) in [5.74, 6) is -0.00385. The van der Waals surface area contributed by atoms with Crippen molar-refractivity contribution < 1.29 is 13.9 Å². The maximum Gasteiger partial charge on any atom is 0.309 e. The zero-order valence-electron chi connectivity index (χ0n) is 24.9. The van der Waals surface area contributed by atoms with Crippen molar-refractivity contribution in [2.24, 2.45) is 13.0 Å². The highest BCUT2D eigenvalue weighted by Gasteiger charge is 2.27. The summed E-state index contributed by atoms with van der Waals surface area (Å²) in [5.41, 5.74) is 8.88. The molecule has 7 rings (SSSR count). The number of hydrogen-bond acceptors (Lipinski definition) is 9. The molecule has 3 aromatic heterocycles. The van der Waals surface area contributed by atoms with E-state index in [1.807, 2.05) is 19.3 Å². The number of nitrogen functional groups attached to an aromatic ring is 1. The summed E-state index contributed by atoms with van der Waals surface area (Å²) in [4.78, 5) is 40.5. The smallest absolute Gasteiger partial charge is 0.309 e. The number of pyridine rings is 1. The summed E-state index contributed by atoms with van der Waals surface area (Å²) in [7, 11) is 1.83. The van der Waals surface area contributed by atoms with Gasteiger partial charge >= 0.3 is 5.97 Å². The average Bonchev–Trinajstić information content (AvgIpc) is 3.81. The number of aromatic nitrogens is 6. The van der Waals surface area contributed by atoms with Crippen molar-refractivity contribution in [3.63, 3.8) is 0 Å². The van der Waals surface area contributed by atoms with E-state index >= 15 is 4.39 Å². The van der Waals surface area contributed by atoms with Crippen LogP contribution in [0, 0.1) is 11.7 Å². The molecule has 0 spiro atoms. The van der Waals surface area contributed by atoms with Crippen LogP contribution < -0.4 is 16.6 Å². The van der Waals surface area contributed by atoms with Crippen LogP contribution in [0.15, 0.2) is 59.8 Å². The van der Waals surface area contributed by atoms with Crippen LogP contribution in [0.25, 0.3) is 27.8 Å². The number of nitrogens with one attached hydrogen (secondary N) is 1. The summed E-state index contributed by atoms with van der Waals surface area (Å²) in [6.45, 7) is 1.34. The number of rotatable bonds is 8. The lowest BCUT2D eigenvalue weighted by Gasteiger charge is -2.22. The molecule has 12 heteroatoms. The third kappa shape index (κ3) is 5.93. The van der Waals surface area contributed by atoms with E-state index in [1.165, 1.54) is 10.6 Å². The van der Waals surface area contributed by atoms with Gasteiger partial charge in [0.25, 0.3) is 5.56 Å². The lowest BCUT2D eigenvalue weighted by Crippen LogP contribution is -2.32. The minimum absolute atomic E-state index is 0.00751. The summed E-state index contributed by atoms with van der Waals surface area (Å²) in [6.07, 6.45) is 9.02. The van der Waals surface area contributed by atoms with Gasteiger partial charge in [-0.3, -0.25) is 18.8 Å². The van der Waals surface area contributed by atoms with Gasteiger partial charge in [0, 0.05) is 37.0 Å². The molecule has 3 N–H and O–H groups in total. The maximum absolute atomic E-state index is 15.4. The lowest BCUT2D eigenvalue weighted by atomic mass is 9.98. The topological polar surface area (TPSA) is 143 Å². The minimum atomic E-state index is -0.547. The van der Waals surface area contributed by atoms with Crippen LogP contribution >= 0.6 is 0 Å². The van der Waals surface area contributed by atoms with Crippen molar-refractivity contribution >= 4 is 22.7 Å². The molecule has 2 aliphatic rings. The number of nitrogens with zero attached hydrogens (tertiary/aromatic N) is 6. The Hall–Kier alpha value is -4.97. The number of nitrogens with two attached hydrogens (primary N) is 1. The molecule has 2 aromatic carbocycles. The van der Waals surface area contributed by atoms with Crippen LogP contribution in [0.5, 0.6) is 0 Å². The first-order valence-corrected chi connectivity index (χ1v) is 15.2. The highest BCUT2D eigenvalue weighted by Crippen LogP contribution is 2.41. The van der Waals surface area contributed by atoms with Gasteiger partial charge in [0.2, 0.25) is 5.95 Å². The Morgan fingerprint density at radius 1 is 1.11 bits per heavy atom. The molecule has 1 aliphatic heterocycles. The van der Waals surface area contributed by atoms with Crippen molar-refractivity contribution in [1.29, 1.82) is 0 Å². The monoisotopic (exact) mass is 608 g/mol. The summed E-state index contributed by atoms with van der Waals surface area (Å²) in [5, 5.41) is 8.03. The Labute approximate surface area is 258 Å². The fourth-order valence-electron chi connectivity index (χ4n) is 6.06. The molecule has 0 unspecified atom stereocenters. The molecule has 0 atom stereocenters. The number of ether oxygens (including phenoxy) is 1. The van der Waals surface area contributed by atoms with Crippen molar-refractivity contribution in [3.05, 3.63) is 93.7 Å². The summed E-state index contributed by atoms with van der Waals surface area (Å²) >= 11 is 0. The standard InChI is InChI=1S/C33H33FN8O3/c1-41-17-19(16-37-41)13-28-38-30(40-33(35)39-28)24-3-2-4-27(25(24)18-45-32(44)21-7-10-36-11-8-21)42-12-9-22-14-23(20-5-6-20)15-26(34)29(22)31(42)43/h2-4,9,12,14-17,20-21,36H,5-8,10-11,13,18H2,1H3,(H2,35,38,39,40). The fraction of sp³-hybridized carbons (Fsp3) is 0.333. The molecule has 45 heavy (non-hydrogen) atoms. The quantitative estimate of drug-likeness (QED) is 0.252. The largest absolute Gasteiger partial charge is 0.460 e. The molecule has 0 radical (unpaired) electrons. The van der Waals surface area contributed by atoms with Crippen LogP contribution in [0.4, 0.5) is 10.3 Å². The first kappa shape index (κ1) is 28.8. The van der Waals surface area contributed by atoms with Crippen LogP contribution in [0.1, 0.15) is 54.1 Å². The average molecular weight is 609 g/mol. The molecule has 1 saturated heterocycles. The maximum atomic E-state index is 15.4. The van der Waals surface area contributed by atoms with E-state index in [1.54, 1.807) is 41.3 Å². The Morgan fingerprint density at radius 2 is 1.93 bits per heavy atom. The molecule has 11 nitrogen and oxygen atoms in total. The first-order chi connectivity index (χ1) is 21.8. The van der Waals surface area contributed by atoms with Crippen LogP contribution in [0.3, 0.4) is 0 Å². The zero-order valence-corrected chi connectivity index (χ0v) is 24.9. The molecule has 1 saturated carbocycles. The van der Waals surface area contributed by atoms with E-state index in [9.17, 15) is 9.59 Å². The Balaban J connectivity index is 1.33. The van der Waals surface area contributed by atoms with Gasteiger partial charge in [0.05, 0.1) is 23.2 Å². The van der Waals surface area contributed by atoms with Crippen molar-refractivity contribution in [2.45, 2.75) is 44.6 Å². The number of esters is 1. The molecule has 0 amide bonds. The highest BCUT2D eigenvalue weighted by atomic mass is 19.1. The number of anilines is 1. The van der Waals surface area contributed by atoms with E-state index in [0.717, 1.165) is 37.1 Å². The number of aryl methyl sites for hydroxylation is 1. The van der Waals surface area contributed by atoms with Gasteiger partial charge < -0.3 is 15.8 Å². The molecule has 230 valence electrons. The molecule has 4 heterocycles. The molecular formula is C33H33FN8O3. The fourth-order valence-corrected chi connectivity index (χ4v) is 6.06.